The van der Waals surface area contributed by atoms with Gasteiger partial charge in [0.2, 0.25) is 12.6 Å². The number of aliphatic hydroxyl groups is 1. The second kappa shape index (κ2) is 5.46. The Hall–Kier alpha value is -1.59. The van der Waals surface area contributed by atoms with Crippen LogP contribution in [0, 0.1) is 11.3 Å². The van der Waals surface area contributed by atoms with E-state index in [4.69, 9.17) is 14.2 Å². The minimum absolute atomic E-state index is 0.0482. The van der Waals surface area contributed by atoms with Crippen LogP contribution in [0.5, 0.6) is 11.5 Å². The zero-order valence-electron chi connectivity index (χ0n) is 14.2. The normalized spacial score (nSPS) is 37.5. The lowest BCUT2D eigenvalue weighted by Gasteiger charge is -2.45. The average molecular weight is 332 g/mol. The quantitative estimate of drug-likeness (QED) is 0.919. The van der Waals surface area contributed by atoms with Crippen LogP contribution in [0.4, 0.5) is 0 Å². The summed E-state index contributed by atoms with van der Waals surface area (Å²) in [6.45, 7) is 4.42. The number of ether oxygens (including phenoxy) is 3. The second-order valence-electron chi connectivity index (χ2n) is 7.27. The van der Waals surface area contributed by atoms with Crippen LogP contribution in [0.3, 0.4) is 0 Å². The van der Waals surface area contributed by atoms with E-state index in [1.807, 2.05) is 18.2 Å². The van der Waals surface area contributed by atoms with E-state index in [1.54, 1.807) is 0 Å². The van der Waals surface area contributed by atoms with Crippen molar-refractivity contribution >= 4 is 5.78 Å². The van der Waals surface area contributed by atoms with Gasteiger partial charge in [-0.3, -0.25) is 4.79 Å². The van der Waals surface area contributed by atoms with Gasteiger partial charge in [0.15, 0.2) is 17.3 Å². The maximum atomic E-state index is 12.6. The summed E-state index contributed by atoms with van der Waals surface area (Å²) in [5.74, 6) is -0.368. The largest absolute Gasteiger partial charge is 0.454 e. The second-order valence-corrected chi connectivity index (χ2v) is 7.27. The highest BCUT2D eigenvalue weighted by Crippen LogP contribution is 2.62. The Labute approximate surface area is 141 Å². The lowest BCUT2D eigenvalue weighted by molar-refractivity contribution is -0.241. The maximum Gasteiger partial charge on any atom is 0.233 e. The van der Waals surface area contributed by atoms with Crippen LogP contribution in [0.15, 0.2) is 18.2 Å². The molecule has 4 rings (SSSR count). The summed E-state index contributed by atoms with van der Waals surface area (Å²) in [5.41, 5.74) is 0.427. The zero-order chi connectivity index (χ0) is 16.9. The molecular formula is C19H24O5. The molecule has 1 aromatic carbocycles. The van der Waals surface area contributed by atoms with Crippen molar-refractivity contribution in [3.63, 3.8) is 0 Å². The molecule has 0 aromatic heterocycles. The van der Waals surface area contributed by atoms with Gasteiger partial charge in [0.05, 0.1) is 6.10 Å². The van der Waals surface area contributed by atoms with Crippen molar-refractivity contribution in [3.05, 3.63) is 23.8 Å². The van der Waals surface area contributed by atoms with Crippen LogP contribution in [0.1, 0.15) is 57.6 Å². The van der Waals surface area contributed by atoms with E-state index >= 15 is 0 Å². The molecule has 24 heavy (non-hydrogen) atoms. The Morgan fingerprint density at radius 2 is 2.08 bits per heavy atom. The number of carbonyl (C=O) groups excluding carboxylic acids is 1. The number of carbonyl (C=O) groups is 1. The van der Waals surface area contributed by atoms with Gasteiger partial charge >= 0.3 is 0 Å². The van der Waals surface area contributed by atoms with Crippen molar-refractivity contribution < 1.29 is 24.1 Å². The molecule has 5 heteroatoms. The number of hydrogen-bond acceptors (Lipinski definition) is 5. The smallest absolute Gasteiger partial charge is 0.233 e. The highest BCUT2D eigenvalue weighted by Gasteiger charge is 2.67. The van der Waals surface area contributed by atoms with Gasteiger partial charge in [-0.1, -0.05) is 26.3 Å². The first-order valence-corrected chi connectivity index (χ1v) is 8.85. The molecule has 1 N–H and O–H groups in total. The van der Waals surface area contributed by atoms with Crippen LogP contribution < -0.4 is 9.47 Å². The van der Waals surface area contributed by atoms with E-state index in [-0.39, 0.29) is 24.6 Å². The third kappa shape index (κ3) is 1.97. The molecule has 1 aromatic rings. The van der Waals surface area contributed by atoms with Crippen LogP contribution in [-0.2, 0) is 9.53 Å². The Balaban J connectivity index is 1.75. The third-order valence-corrected chi connectivity index (χ3v) is 6.12. The van der Waals surface area contributed by atoms with E-state index in [0.29, 0.717) is 12.2 Å². The third-order valence-electron chi connectivity index (χ3n) is 6.12. The van der Waals surface area contributed by atoms with Gasteiger partial charge in [0, 0.05) is 11.8 Å². The topological polar surface area (TPSA) is 65.0 Å². The van der Waals surface area contributed by atoms with Crippen molar-refractivity contribution in [2.24, 2.45) is 11.3 Å². The van der Waals surface area contributed by atoms with E-state index in [2.05, 4.69) is 13.8 Å². The Bertz CT molecular complexity index is 668. The monoisotopic (exact) mass is 332 g/mol. The summed E-state index contributed by atoms with van der Waals surface area (Å²) in [7, 11) is 0. The molecule has 1 saturated carbocycles. The number of fused-ring (bicyclic) bond motifs is 2. The molecule has 2 fully saturated rings. The Kier molecular flexibility index (Phi) is 3.62. The van der Waals surface area contributed by atoms with Gasteiger partial charge in [-0.25, -0.2) is 0 Å². The van der Waals surface area contributed by atoms with Crippen LogP contribution >= 0.6 is 0 Å². The standard InChI is InChI=1S/C19H24O5/c1-3-8-18-9-4-5-16(20)19(18,21)24-17(12(18)2)13-6-7-14-15(10-13)23-11-22-14/h6-7,10,12,17,21H,3-5,8-9,11H2,1-2H3/t12-,17+,18-,19-/m1/s1. The van der Waals surface area contributed by atoms with Crippen LogP contribution in [0.2, 0.25) is 0 Å². The lowest BCUT2D eigenvalue weighted by atomic mass is 9.60. The summed E-state index contributed by atoms with van der Waals surface area (Å²) in [6.07, 6.45) is 3.42. The van der Waals surface area contributed by atoms with E-state index in [0.717, 1.165) is 37.0 Å². The van der Waals surface area contributed by atoms with Crippen LogP contribution in [-0.4, -0.2) is 23.5 Å². The summed E-state index contributed by atoms with van der Waals surface area (Å²) in [4.78, 5) is 12.6. The minimum Gasteiger partial charge on any atom is -0.454 e. The highest BCUT2D eigenvalue weighted by molar-refractivity contribution is 5.88. The molecule has 2 heterocycles. The molecule has 3 aliphatic rings. The first-order chi connectivity index (χ1) is 11.5. The molecule has 0 unspecified atom stereocenters. The van der Waals surface area contributed by atoms with Gasteiger partial charge in [-0.2, -0.15) is 0 Å². The number of rotatable bonds is 3. The van der Waals surface area contributed by atoms with Gasteiger partial charge in [-0.15, -0.1) is 0 Å². The van der Waals surface area contributed by atoms with Crippen molar-refractivity contribution in [3.8, 4) is 11.5 Å². The van der Waals surface area contributed by atoms with Crippen molar-refractivity contribution in [1.29, 1.82) is 0 Å². The fourth-order valence-corrected chi connectivity index (χ4v) is 4.89. The molecule has 0 bridgehead atoms. The SMILES string of the molecule is CCC[C@]12CCCC(=O)[C@@]1(O)O[C@H](c1ccc3c(c1)OCO3)[C@H]2C. The van der Waals surface area contributed by atoms with E-state index < -0.39 is 11.2 Å². The molecule has 130 valence electrons. The minimum atomic E-state index is -1.66. The number of hydrogen-bond donors (Lipinski definition) is 1. The van der Waals surface area contributed by atoms with Crippen molar-refractivity contribution in [2.75, 3.05) is 6.79 Å². The first kappa shape index (κ1) is 15.9. The fourth-order valence-electron chi connectivity index (χ4n) is 4.89. The van der Waals surface area contributed by atoms with Crippen molar-refractivity contribution in [2.45, 2.75) is 57.8 Å². The van der Waals surface area contributed by atoms with Crippen molar-refractivity contribution in [1.82, 2.24) is 0 Å². The number of Topliss-reactive ketones (excluding diaryl/α,β-unsaturated/α-hetero) is 1. The van der Waals surface area contributed by atoms with Gasteiger partial charge in [0.25, 0.3) is 0 Å². The summed E-state index contributed by atoms with van der Waals surface area (Å²) in [5, 5.41) is 11.2. The first-order valence-electron chi connectivity index (χ1n) is 8.85. The van der Waals surface area contributed by atoms with E-state index in [9.17, 15) is 9.90 Å². The van der Waals surface area contributed by atoms with E-state index in [1.165, 1.54) is 0 Å². The molecule has 1 aliphatic carbocycles. The van der Waals surface area contributed by atoms with Crippen LogP contribution in [0.25, 0.3) is 0 Å². The summed E-state index contributed by atoms with van der Waals surface area (Å²) in [6, 6.07) is 5.72. The fraction of sp³-hybridized carbons (Fsp3) is 0.632. The molecule has 0 amide bonds. The molecule has 4 atom stereocenters. The summed E-state index contributed by atoms with van der Waals surface area (Å²) < 4.78 is 16.9. The molecular weight excluding hydrogens is 308 g/mol. The predicted octanol–water partition coefficient (Wildman–Crippen LogP) is 3.35. The highest BCUT2D eigenvalue weighted by atomic mass is 16.7. The molecule has 2 aliphatic heterocycles. The lowest BCUT2D eigenvalue weighted by Crippen LogP contribution is -2.55. The number of benzene rings is 1. The Morgan fingerprint density at radius 3 is 2.88 bits per heavy atom. The maximum absolute atomic E-state index is 12.6. The molecule has 5 nitrogen and oxygen atoms in total. The average Bonchev–Trinajstić information content (AvgIpc) is 3.12. The van der Waals surface area contributed by atoms with Gasteiger partial charge < -0.3 is 19.3 Å². The predicted molar refractivity (Wildman–Crippen MR) is 86.7 cm³/mol. The van der Waals surface area contributed by atoms with Gasteiger partial charge in [-0.05, 0) is 42.9 Å². The zero-order valence-corrected chi connectivity index (χ0v) is 14.2. The Morgan fingerprint density at radius 1 is 1.29 bits per heavy atom. The molecule has 0 radical (unpaired) electrons. The molecule has 0 spiro atoms. The van der Waals surface area contributed by atoms with Gasteiger partial charge in [0.1, 0.15) is 0 Å². The summed E-state index contributed by atoms with van der Waals surface area (Å²) >= 11 is 0. The molecule has 1 saturated heterocycles. The number of ketones is 1.